The van der Waals surface area contributed by atoms with E-state index in [2.05, 4.69) is 11.7 Å². The Bertz CT molecular complexity index is 324. The van der Waals surface area contributed by atoms with Crippen molar-refractivity contribution >= 4 is 11.9 Å². The van der Waals surface area contributed by atoms with E-state index in [1.165, 1.54) is 5.57 Å². The molecule has 3 heteroatoms. The summed E-state index contributed by atoms with van der Waals surface area (Å²) >= 11 is 0. The standard InChI is InChI=1S/C11H14O3/c1-3-7-5-6-11(8(7)4-2)9(12)14-10(11)13/h3-6H2,1-2H3. The molecule has 1 aliphatic heterocycles. The molecule has 76 valence electrons. The number of allylic oxidation sites excluding steroid dienone is 1. The molecule has 2 rings (SSSR count). The minimum atomic E-state index is -0.847. The zero-order valence-electron chi connectivity index (χ0n) is 8.55. The van der Waals surface area contributed by atoms with E-state index in [9.17, 15) is 9.59 Å². The van der Waals surface area contributed by atoms with E-state index in [1.54, 1.807) is 0 Å². The van der Waals surface area contributed by atoms with Gasteiger partial charge >= 0.3 is 11.9 Å². The second kappa shape index (κ2) is 2.94. The maximum atomic E-state index is 11.4. The smallest absolute Gasteiger partial charge is 0.335 e. The lowest BCUT2D eigenvalue weighted by atomic mass is 9.76. The number of hydrogen-bond acceptors (Lipinski definition) is 3. The highest BCUT2D eigenvalue weighted by Crippen LogP contribution is 2.51. The normalized spacial score (nSPS) is 24.1. The van der Waals surface area contributed by atoms with Crippen molar-refractivity contribution in [2.75, 3.05) is 0 Å². The van der Waals surface area contributed by atoms with Crippen molar-refractivity contribution in [1.82, 2.24) is 0 Å². The van der Waals surface area contributed by atoms with Crippen LogP contribution in [0.1, 0.15) is 39.5 Å². The van der Waals surface area contributed by atoms with Gasteiger partial charge in [-0.15, -0.1) is 0 Å². The molecule has 1 fully saturated rings. The van der Waals surface area contributed by atoms with Crippen molar-refractivity contribution in [2.45, 2.75) is 39.5 Å². The van der Waals surface area contributed by atoms with E-state index in [-0.39, 0.29) is 11.9 Å². The molecule has 0 saturated carbocycles. The van der Waals surface area contributed by atoms with E-state index in [4.69, 9.17) is 0 Å². The van der Waals surface area contributed by atoms with Gasteiger partial charge in [0.25, 0.3) is 0 Å². The molecule has 3 nitrogen and oxygen atoms in total. The van der Waals surface area contributed by atoms with Crippen LogP contribution in [0.5, 0.6) is 0 Å². The van der Waals surface area contributed by atoms with Gasteiger partial charge in [-0.2, -0.15) is 0 Å². The molecule has 2 aliphatic rings. The molecule has 0 N–H and O–H groups in total. The molecular formula is C11H14O3. The molecule has 0 unspecified atom stereocenters. The summed E-state index contributed by atoms with van der Waals surface area (Å²) in [6.07, 6.45) is 3.23. The molecule has 1 heterocycles. The molecule has 1 saturated heterocycles. The van der Waals surface area contributed by atoms with Crippen LogP contribution in [0.3, 0.4) is 0 Å². The van der Waals surface area contributed by atoms with Crippen LogP contribution >= 0.6 is 0 Å². The van der Waals surface area contributed by atoms with Gasteiger partial charge in [-0.25, -0.2) is 9.59 Å². The Morgan fingerprint density at radius 2 is 1.86 bits per heavy atom. The minimum Gasteiger partial charge on any atom is -0.391 e. The summed E-state index contributed by atoms with van der Waals surface area (Å²) in [5, 5.41) is 0. The number of carbonyl (C=O) groups is 2. The largest absolute Gasteiger partial charge is 0.391 e. The van der Waals surface area contributed by atoms with Crippen molar-refractivity contribution in [1.29, 1.82) is 0 Å². The molecule has 0 amide bonds. The maximum absolute atomic E-state index is 11.4. The van der Waals surface area contributed by atoms with Crippen LogP contribution in [0.2, 0.25) is 0 Å². The van der Waals surface area contributed by atoms with Gasteiger partial charge in [0.1, 0.15) is 0 Å². The SMILES string of the molecule is CCC1=C(CC)C2(CC1)C(=O)OC2=O. The Morgan fingerprint density at radius 1 is 1.21 bits per heavy atom. The Kier molecular flexibility index (Phi) is 1.98. The first kappa shape index (κ1) is 9.44. The summed E-state index contributed by atoms with van der Waals surface area (Å²) in [4.78, 5) is 22.8. The van der Waals surface area contributed by atoms with E-state index >= 15 is 0 Å². The molecule has 1 spiro atoms. The van der Waals surface area contributed by atoms with Gasteiger partial charge in [0.05, 0.1) is 0 Å². The van der Waals surface area contributed by atoms with E-state index in [0.29, 0.717) is 6.42 Å². The highest BCUT2D eigenvalue weighted by Gasteiger charge is 2.62. The summed E-state index contributed by atoms with van der Waals surface area (Å²) in [7, 11) is 0. The Morgan fingerprint density at radius 3 is 2.29 bits per heavy atom. The van der Waals surface area contributed by atoms with Gasteiger partial charge in [0.15, 0.2) is 5.41 Å². The monoisotopic (exact) mass is 194 g/mol. The highest BCUT2D eigenvalue weighted by molar-refractivity contribution is 6.17. The van der Waals surface area contributed by atoms with Crippen LogP contribution in [0.4, 0.5) is 0 Å². The zero-order chi connectivity index (χ0) is 10.3. The molecule has 0 bridgehead atoms. The molecule has 0 aromatic heterocycles. The van der Waals surface area contributed by atoms with Gasteiger partial charge in [0.2, 0.25) is 0 Å². The molecule has 0 radical (unpaired) electrons. The summed E-state index contributed by atoms with van der Waals surface area (Å²) in [6, 6.07) is 0. The average molecular weight is 194 g/mol. The van der Waals surface area contributed by atoms with Gasteiger partial charge in [0, 0.05) is 0 Å². The zero-order valence-corrected chi connectivity index (χ0v) is 8.55. The predicted molar refractivity (Wildman–Crippen MR) is 50.4 cm³/mol. The fourth-order valence-corrected chi connectivity index (χ4v) is 2.63. The third-order valence-electron chi connectivity index (χ3n) is 3.41. The molecular weight excluding hydrogens is 180 g/mol. The predicted octanol–water partition coefficient (Wildman–Crippen LogP) is 1.97. The molecule has 0 aromatic carbocycles. The van der Waals surface area contributed by atoms with Gasteiger partial charge in [-0.05, 0) is 31.3 Å². The summed E-state index contributed by atoms with van der Waals surface area (Å²) < 4.78 is 4.49. The van der Waals surface area contributed by atoms with E-state index in [0.717, 1.165) is 24.8 Å². The van der Waals surface area contributed by atoms with Crippen LogP contribution < -0.4 is 0 Å². The number of carbonyl (C=O) groups excluding carboxylic acids is 2. The third kappa shape index (κ3) is 0.873. The molecule has 14 heavy (non-hydrogen) atoms. The van der Waals surface area contributed by atoms with Crippen molar-refractivity contribution in [2.24, 2.45) is 5.41 Å². The summed E-state index contributed by atoms with van der Waals surface area (Å²) in [5.41, 5.74) is 1.46. The quantitative estimate of drug-likeness (QED) is 0.383. The summed E-state index contributed by atoms with van der Waals surface area (Å²) in [6.45, 7) is 4.06. The number of esters is 2. The third-order valence-corrected chi connectivity index (χ3v) is 3.41. The van der Waals surface area contributed by atoms with Crippen LogP contribution in [-0.4, -0.2) is 11.9 Å². The Labute approximate surface area is 83.1 Å². The first-order valence-electron chi connectivity index (χ1n) is 5.14. The second-order valence-corrected chi connectivity index (χ2v) is 3.87. The topological polar surface area (TPSA) is 43.4 Å². The number of cyclic esters (lactones) is 2. The second-order valence-electron chi connectivity index (χ2n) is 3.87. The number of hydrogen-bond donors (Lipinski definition) is 0. The fraction of sp³-hybridized carbons (Fsp3) is 0.636. The van der Waals surface area contributed by atoms with Crippen molar-refractivity contribution in [3.63, 3.8) is 0 Å². The van der Waals surface area contributed by atoms with Crippen molar-refractivity contribution in [3.05, 3.63) is 11.1 Å². The molecule has 1 aliphatic carbocycles. The first-order valence-corrected chi connectivity index (χ1v) is 5.14. The number of ether oxygens (including phenoxy) is 1. The lowest BCUT2D eigenvalue weighted by Crippen LogP contribution is -2.53. The van der Waals surface area contributed by atoms with Crippen LogP contribution in [-0.2, 0) is 14.3 Å². The lowest BCUT2D eigenvalue weighted by molar-refractivity contribution is -0.192. The van der Waals surface area contributed by atoms with Crippen molar-refractivity contribution < 1.29 is 14.3 Å². The van der Waals surface area contributed by atoms with Crippen LogP contribution in [0, 0.1) is 5.41 Å². The lowest BCUT2D eigenvalue weighted by Gasteiger charge is -2.34. The average Bonchev–Trinajstić information content (AvgIpc) is 2.59. The maximum Gasteiger partial charge on any atom is 0.335 e. The number of rotatable bonds is 2. The van der Waals surface area contributed by atoms with Gasteiger partial charge in [-0.3, -0.25) is 0 Å². The molecule has 0 atom stereocenters. The Balaban J connectivity index is 2.43. The van der Waals surface area contributed by atoms with Gasteiger partial charge < -0.3 is 4.74 Å². The highest BCUT2D eigenvalue weighted by atomic mass is 16.6. The minimum absolute atomic E-state index is 0.331. The van der Waals surface area contributed by atoms with E-state index < -0.39 is 5.41 Å². The first-order chi connectivity index (χ1) is 6.66. The van der Waals surface area contributed by atoms with Crippen LogP contribution in [0.25, 0.3) is 0 Å². The summed E-state index contributed by atoms with van der Waals surface area (Å²) in [5.74, 6) is -0.661. The molecule has 0 aromatic rings. The van der Waals surface area contributed by atoms with Crippen LogP contribution in [0.15, 0.2) is 11.1 Å². The van der Waals surface area contributed by atoms with E-state index in [1.807, 2.05) is 6.92 Å². The van der Waals surface area contributed by atoms with Gasteiger partial charge in [-0.1, -0.05) is 19.4 Å². The fourth-order valence-electron chi connectivity index (χ4n) is 2.63. The van der Waals surface area contributed by atoms with Crippen molar-refractivity contribution in [3.8, 4) is 0 Å². The Hall–Kier alpha value is -1.12.